The van der Waals surface area contributed by atoms with Gasteiger partial charge in [0.1, 0.15) is 10.4 Å². The van der Waals surface area contributed by atoms with Gasteiger partial charge in [-0.05, 0) is 56.9 Å². The standard InChI is InChI=1S/C20H19BrN6O/c1-3-15-6-4-5-7-18(15)27-19(21)17(12-22-27)20-23-25-26(24-20)13-14-8-10-16(28-2)11-9-14/h4-12H,3,13H2,1-2H3. The van der Waals surface area contributed by atoms with Crippen molar-refractivity contribution in [1.29, 1.82) is 0 Å². The van der Waals surface area contributed by atoms with E-state index in [4.69, 9.17) is 4.74 Å². The Morgan fingerprint density at radius 2 is 1.86 bits per heavy atom. The summed E-state index contributed by atoms with van der Waals surface area (Å²) in [4.78, 5) is 1.57. The average molecular weight is 439 g/mol. The number of methoxy groups -OCH3 is 1. The van der Waals surface area contributed by atoms with E-state index in [1.165, 1.54) is 5.56 Å². The number of nitrogens with zero attached hydrogens (tertiary/aromatic N) is 6. The number of aromatic nitrogens is 6. The van der Waals surface area contributed by atoms with E-state index in [2.05, 4.69) is 49.4 Å². The number of hydrogen-bond acceptors (Lipinski definition) is 5. The highest BCUT2D eigenvalue weighted by molar-refractivity contribution is 9.10. The van der Waals surface area contributed by atoms with Gasteiger partial charge in [0.05, 0.1) is 31.1 Å². The Morgan fingerprint density at radius 1 is 1.07 bits per heavy atom. The number of aryl methyl sites for hydroxylation is 1. The molecule has 4 aromatic rings. The normalized spacial score (nSPS) is 11.0. The largest absolute Gasteiger partial charge is 0.497 e. The molecule has 2 aromatic carbocycles. The maximum absolute atomic E-state index is 5.18. The predicted molar refractivity (Wildman–Crippen MR) is 110 cm³/mol. The number of benzene rings is 2. The van der Waals surface area contributed by atoms with Crippen LogP contribution < -0.4 is 4.74 Å². The molecule has 28 heavy (non-hydrogen) atoms. The molecule has 2 aromatic heterocycles. The number of rotatable bonds is 6. The quantitative estimate of drug-likeness (QED) is 0.456. The number of ether oxygens (including phenoxy) is 1. The minimum Gasteiger partial charge on any atom is -0.497 e. The minimum absolute atomic E-state index is 0.528. The Morgan fingerprint density at radius 3 is 2.61 bits per heavy atom. The van der Waals surface area contributed by atoms with E-state index in [-0.39, 0.29) is 0 Å². The van der Waals surface area contributed by atoms with Crippen molar-refractivity contribution in [2.75, 3.05) is 7.11 Å². The fourth-order valence-electron chi connectivity index (χ4n) is 2.98. The average Bonchev–Trinajstić information content (AvgIpc) is 3.34. The van der Waals surface area contributed by atoms with Crippen LogP contribution in [0.4, 0.5) is 0 Å². The van der Waals surface area contributed by atoms with Crippen molar-refractivity contribution < 1.29 is 4.74 Å². The van der Waals surface area contributed by atoms with E-state index in [1.54, 1.807) is 18.1 Å². The third-order valence-electron chi connectivity index (χ3n) is 4.49. The summed E-state index contributed by atoms with van der Waals surface area (Å²) in [6, 6.07) is 16.0. The number of tetrazole rings is 1. The fraction of sp³-hybridized carbons (Fsp3) is 0.200. The lowest BCUT2D eigenvalue weighted by Crippen LogP contribution is -2.04. The van der Waals surface area contributed by atoms with Gasteiger partial charge in [0, 0.05) is 0 Å². The molecular formula is C20H19BrN6O. The Balaban J connectivity index is 1.60. The van der Waals surface area contributed by atoms with Crippen LogP contribution in [0.1, 0.15) is 18.1 Å². The second kappa shape index (κ2) is 7.93. The Hall–Kier alpha value is -3.00. The van der Waals surface area contributed by atoms with Crippen LogP contribution in [0.2, 0.25) is 0 Å². The molecule has 0 spiro atoms. The lowest BCUT2D eigenvalue weighted by Gasteiger charge is -2.08. The van der Waals surface area contributed by atoms with Crippen LogP contribution in [0.5, 0.6) is 5.75 Å². The molecule has 8 heteroatoms. The summed E-state index contributed by atoms with van der Waals surface area (Å²) in [5.74, 6) is 1.35. The first kappa shape index (κ1) is 18.4. The molecule has 4 rings (SSSR count). The van der Waals surface area contributed by atoms with Crippen molar-refractivity contribution >= 4 is 15.9 Å². The van der Waals surface area contributed by atoms with Crippen LogP contribution in [0.3, 0.4) is 0 Å². The summed E-state index contributed by atoms with van der Waals surface area (Å²) in [5.41, 5.74) is 4.12. The first-order chi connectivity index (χ1) is 13.7. The highest BCUT2D eigenvalue weighted by atomic mass is 79.9. The first-order valence-electron chi connectivity index (χ1n) is 8.92. The SMILES string of the molecule is CCc1ccccc1-n1ncc(-c2nnn(Cc3ccc(OC)cc3)n2)c1Br. The second-order valence-corrected chi connectivity index (χ2v) is 6.99. The molecule has 0 N–H and O–H groups in total. The van der Waals surface area contributed by atoms with Crippen LogP contribution in [0.25, 0.3) is 17.1 Å². The van der Waals surface area contributed by atoms with Crippen LogP contribution in [0, 0.1) is 0 Å². The van der Waals surface area contributed by atoms with E-state index in [0.717, 1.165) is 33.6 Å². The van der Waals surface area contributed by atoms with Crippen molar-refractivity contribution in [1.82, 2.24) is 30.0 Å². The maximum Gasteiger partial charge on any atom is 0.209 e. The van der Waals surface area contributed by atoms with Crippen molar-refractivity contribution in [3.05, 3.63) is 70.5 Å². The van der Waals surface area contributed by atoms with Crippen molar-refractivity contribution in [2.24, 2.45) is 0 Å². The van der Waals surface area contributed by atoms with Gasteiger partial charge in [0.2, 0.25) is 5.82 Å². The highest BCUT2D eigenvalue weighted by Crippen LogP contribution is 2.28. The molecule has 0 radical (unpaired) electrons. The van der Waals surface area contributed by atoms with Gasteiger partial charge in [-0.15, -0.1) is 10.2 Å². The molecular weight excluding hydrogens is 420 g/mol. The molecule has 0 bridgehead atoms. The minimum atomic E-state index is 0.528. The van der Waals surface area contributed by atoms with E-state index >= 15 is 0 Å². The van der Waals surface area contributed by atoms with Gasteiger partial charge in [0.15, 0.2) is 0 Å². The maximum atomic E-state index is 5.18. The number of hydrogen-bond donors (Lipinski definition) is 0. The summed E-state index contributed by atoms with van der Waals surface area (Å²) in [6.07, 6.45) is 2.68. The van der Waals surface area contributed by atoms with Crippen LogP contribution in [-0.2, 0) is 13.0 Å². The van der Waals surface area contributed by atoms with Gasteiger partial charge < -0.3 is 4.74 Å². The number of para-hydroxylation sites is 1. The lowest BCUT2D eigenvalue weighted by atomic mass is 10.1. The van der Waals surface area contributed by atoms with E-state index in [9.17, 15) is 0 Å². The Kier molecular flexibility index (Phi) is 5.21. The molecule has 7 nitrogen and oxygen atoms in total. The summed E-state index contributed by atoms with van der Waals surface area (Å²) < 4.78 is 7.85. The fourth-order valence-corrected chi connectivity index (χ4v) is 3.54. The summed E-state index contributed by atoms with van der Waals surface area (Å²) >= 11 is 3.65. The van der Waals surface area contributed by atoms with Crippen molar-refractivity contribution in [3.63, 3.8) is 0 Å². The molecule has 2 heterocycles. The third kappa shape index (κ3) is 3.55. The predicted octanol–water partition coefficient (Wildman–Crippen LogP) is 3.91. The lowest BCUT2D eigenvalue weighted by molar-refractivity contribution is 0.414. The Labute approximate surface area is 171 Å². The van der Waals surface area contributed by atoms with Gasteiger partial charge in [-0.3, -0.25) is 0 Å². The van der Waals surface area contributed by atoms with E-state index in [0.29, 0.717) is 12.4 Å². The van der Waals surface area contributed by atoms with E-state index in [1.807, 2.05) is 47.1 Å². The van der Waals surface area contributed by atoms with E-state index < -0.39 is 0 Å². The first-order valence-corrected chi connectivity index (χ1v) is 9.71. The molecule has 0 saturated heterocycles. The van der Waals surface area contributed by atoms with Gasteiger partial charge in [-0.1, -0.05) is 37.3 Å². The Bertz CT molecular complexity index is 1090. The summed E-state index contributed by atoms with van der Waals surface area (Å²) in [7, 11) is 1.65. The molecule has 0 aliphatic rings. The zero-order valence-electron chi connectivity index (χ0n) is 15.6. The number of halogens is 1. The van der Waals surface area contributed by atoms with Crippen LogP contribution >= 0.6 is 15.9 Å². The third-order valence-corrected chi connectivity index (χ3v) is 5.25. The molecule has 0 aliphatic carbocycles. The van der Waals surface area contributed by atoms with Crippen LogP contribution in [-0.4, -0.2) is 37.1 Å². The molecule has 142 valence electrons. The van der Waals surface area contributed by atoms with Crippen molar-refractivity contribution in [2.45, 2.75) is 19.9 Å². The highest BCUT2D eigenvalue weighted by Gasteiger charge is 2.17. The van der Waals surface area contributed by atoms with Gasteiger partial charge in [0.25, 0.3) is 0 Å². The van der Waals surface area contributed by atoms with Gasteiger partial charge in [-0.25, -0.2) is 4.68 Å². The molecule has 0 amide bonds. The zero-order chi connectivity index (χ0) is 19.5. The molecule has 0 unspecified atom stereocenters. The second-order valence-electron chi connectivity index (χ2n) is 6.23. The molecule has 0 fully saturated rings. The molecule has 0 aliphatic heterocycles. The molecule has 0 saturated carbocycles. The monoisotopic (exact) mass is 438 g/mol. The topological polar surface area (TPSA) is 70.7 Å². The van der Waals surface area contributed by atoms with Crippen molar-refractivity contribution in [3.8, 4) is 22.8 Å². The smallest absolute Gasteiger partial charge is 0.209 e. The zero-order valence-corrected chi connectivity index (χ0v) is 17.2. The van der Waals surface area contributed by atoms with Crippen LogP contribution in [0.15, 0.2) is 59.3 Å². The summed E-state index contributed by atoms with van der Waals surface area (Å²) in [5, 5.41) is 17.4. The summed E-state index contributed by atoms with van der Waals surface area (Å²) in [6.45, 7) is 2.66. The van der Waals surface area contributed by atoms with Gasteiger partial charge >= 0.3 is 0 Å². The van der Waals surface area contributed by atoms with Gasteiger partial charge in [-0.2, -0.15) is 9.90 Å². The molecule has 0 atom stereocenters.